The van der Waals surface area contributed by atoms with Crippen molar-refractivity contribution in [1.82, 2.24) is 20.4 Å². The average Bonchev–Trinajstić information content (AvgIpc) is 2.71. The van der Waals surface area contributed by atoms with Crippen molar-refractivity contribution < 1.29 is 4.74 Å². The quantitative estimate of drug-likeness (QED) is 0.529. The van der Waals surface area contributed by atoms with Gasteiger partial charge in [-0.2, -0.15) is 0 Å². The Labute approximate surface area is 171 Å². The molecule has 2 N–H and O–H groups in total. The molecule has 0 bridgehead atoms. The van der Waals surface area contributed by atoms with Gasteiger partial charge in [0.2, 0.25) is 0 Å². The maximum absolute atomic E-state index is 5.56. The van der Waals surface area contributed by atoms with Crippen molar-refractivity contribution in [2.24, 2.45) is 4.99 Å². The van der Waals surface area contributed by atoms with E-state index in [1.165, 1.54) is 37.9 Å². The number of piperidine rings is 1. The predicted octanol–water partition coefficient (Wildman–Crippen LogP) is 2.73. The zero-order valence-electron chi connectivity index (χ0n) is 18.6. The Morgan fingerprint density at radius 2 is 1.86 bits per heavy atom. The van der Waals surface area contributed by atoms with E-state index in [2.05, 4.69) is 65.5 Å². The van der Waals surface area contributed by atoms with Gasteiger partial charge < -0.3 is 20.3 Å². The number of hydrogen-bond acceptors (Lipinski definition) is 4. The molecule has 1 aliphatic rings. The van der Waals surface area contributed by atoms with Gasteiger partial charge in [-0.3, -0.25) is 9.89 Å². The van der Waals surface area contributed by atoms with Crippen LogP contribution in [0.15, 0.2) is 29.3 Å². The largest absolute Gasteiger partial charge is 0.496 e. The van der Waals surface area contributed by atoms with Crippen LogP contribution in [0.4, 0.5) is 0 Å². The molecular weight excluding hydrogens is 350 g/mol. The summed E-state index contributed by atoms with van der Waals surface area (Å²) in [4.78, 5) is 9.23. The Hall–Kier alpha value is -1.79. The summed E-state index contributed by atoms with van der Waals surface area (Å²) in [6, 6.07) is 8.39. The van der Waals surface area contributed by atoms with Gasteiger partial charge in [-0.25, -0.2) is 0 Å². The summed E-state index contributed by atoms with van der Waals surface area (Å²) in [6.07, 6.45) is 3.97. The molecule has 0 spiro atoms. The van der Waals surface area contributed by atoms with Gasteiger partial charge in [0.05, 0.1) is 13.2 Å². The average molecular weight is 390 g/mol. The molecule has 1 heterocycles. The Kier molecular flexibility index (Phi) is 8.58. The van der Waals surface area contributed by atoms with E-state index < -0.39 is 0 Å². The molecular formula is C22H39N5O. The highest BCUT2D eigenvalue weighted by Gasteiger charge is 2.28. The molecule has 1 aromatic carbocycles. The molecule has 1 atom stereocenters. The predicted molar refractivity (Wildman–Crippen MR) is 118 cm³/mol. The molecule has 0 radical (unpaired) electrons. The number of nitrogens with zero attached hydrogens (tertiary/aromatic N) is 3. The van der Waals surface area contributed by atoms with Gasteiger partial charge in [0.25, 0.3) is 0 Å². The minimum absolute atomic E-state index is 0.113. The first-order chi connectivity index (χ1) is 13.4. The Morgan fingerprint density at radius 3 is 2.46 bits per heavy atom. The van der Waals surface area contributed by atoms with E-state index in [0.717, 1.165) is 24.8 Å². The summed E-state index contributed by atoms with van der Waals surface area (Å²) >= 11 is 0. The lowest BCUT2D eigenvalue weighted by Gasteiger charge is -2.41. The van der Waals surface area contributed by atoms with E-state index in [1.807, 2.05) is 19.2 Å². The molecule has 0 amide bonds. The molecule has 28 heavy (non-hydrogen) atoms. The number of ether oxygens (including phenoxy) is 1. The van der Waals surface area contributed by atoms with Gasteiger partial charge in [-0.05, 0) is 59.9 Å². The van der Waals surface area contributed by atoms with Crippen LogP contribution in [0.3, 0.4) is 0 Å². The third-order valence-corrected chi connectivity index (χ3v) is 5.71. The van der Waals surface area contributed by atoms with Crippen molar-refractivity contribution in [3.8, 4) is 5.75 Å². The number of hydrogen-bond donors (Lipinski definition) is 2. The number of nitrogens with one attached hydrogen (secondary N) is 2. The molecule has 0 aliphatic carbocycles. The fourth-order valence-electron chi connectivity index (χ4n) is 3.84. The second kappa shape index (κ2) is 10.7. The highest BCUT2D eigenvalue weighted by molar-refractivity contribution is 5.79. The van der Waals surface area contributed by atoms with Gasteiger partial charge in [0, 0.05) is 31.2 Å². The molecule has 0 saturated carbocycles. The van der Waals surface area contributed by atoms with Crippen LogP contribution in [0.5, 0.6) is 5.75 Å². The molecule has 1 saturated heterocycles. The zero-order valence-corrected chi connectivity index (χ0v) is 18.6. The number of para-hydroxylation sites is 1. The highest BCUT2D eigenvalue weighted by Crippen LogP contribution is 2.27. The normalized spacial score (nSPS) is 17.5. The summed E-state index contributed by atoms with van der Waals surface area (Å²) < 4.78 is 5.56. The van der Waals surface area contributed by atoms with E-state index in [9.17, 15) is 0 Å². The van der Waals surface area contributed by atoms with Crippen molar-refractivity contribution in [2.45, 2.75) is 44.7 Å². The monoisotopic (exact) mass is 389 g/mol. The minimum atomic E-state index is 0.113. The van der Waals surface area contributed by atoms with Crippen LogP contribution in [0, 0.1) is 0 Å². The van der Waals surface area contributed by atoms with Crippen molar-refractivity contribution >= 4 is 5.96 Å². The summed E-state index contributed by atoms with van der Waals surface area (Å²) in [5.74, 6) is 1.75. The van der Waals surface area contributed by atoms with Crippen molar-refractivity contribution in [3.05, 3.63) is 29.8 Å². The number of benzene rings is 1. The second-order valence-electron chi connectivity index (χ2n) is 8.39. The molecule has 158 valence electrons. The first-order valence-corrected chi connectivity index (χ1v) is 10.4. The van der Waals surface area contributed by atoms with Crippen molar-refractivity contribution in [3.63, 3.8) is 0 Å². The summed E-state index contributed by atoms with van der Waals surface area (Å²) in [6.45, 7) is 8.63. The highest BCUT2D eigenvalue weighted by atomic mass is 16.5. The summed E-state index contributed by atoms with van der Waals surface area (Å²) in [5.41, 5.74) is 1.29. The molecule has 6 heteroatoms. The lowest BCUT2D eigenvalue weighted by molar-refractivity contribution is 0.0982. The van der Waals surface area contributed by atoms with Gasteiger partial charge in [0.15, 0.2) is 5.96 Å². The third kappa shape index (κ3) is 6.11. The molecule has 1 fully saturated rings. The van der Waals surface area contributed by atoms with E-state index in [4.69, 9.17) is 4.74 Å². The summed E-state index contributed by atoms with van der Waals surface area (Å²) in [7, 11) is 7.74. The van der Waals surface area contributed by atoms with Crippen molar-refractivity contribution in [2.75, 3.05) is 54.4 Å². The van der Waals surface area contributed by atoms with Crippen LogP contribution >= 0.6 is 0 Å². The smallest absolute Gasteiger partial charge is 0.191 e. The SMILES string of the molecule is CN=C(NCC(c1ccccc1OC)N(C)C)NCC(C)(C)N1CCCCC1. The van der Waals surface area contributed by atoms with Crippen LogP contribution in [0.25, 0.3) is 0 Å². The molecule has 1 unspecified atom stereocenters. The number of rotatable bonds is 8. The Balaban J connectivity index is 1.95. The van der Waals surface area contributed by atoms with Crippen LogP contribution in [-0.2, 0) is 0 Å². The van der Waals surface area contributed by atoms with Gasteiger partial charge in [0.1, 0.15) is 5.75 Å². The number of methoxy groups -OCH3 is 1. The molecule has 0 aromatic heterocycles. The van der Waals surface area contributed by atoms with E-state index in [-0.39, 0.29) is 11.6 Å². The van der Waals surface area contributed by atoms with Crippen LogP contribution < -0.4 is 15.4 Å². The lowest BCUT2D eigenvalue weighted by Crippen LogP contribution is -2.55. The number of likely N-dealkylation sites (tertiary alicyclic amines) is 1. The number of aliphatic imine (C=N–C) groups is 1. The third-order valence-electron chi connectivity index (χ3n) is 5.71. The van der Waals surface area contributed by atoms with Gasteiger partial charge in [-0.15, -0.1) is 0 Å². The zero-order chi connectivity index (χ0) is 20.6. The Bertz CT molecular complexity index is 623. The fourth-order valence-corrected chi connectivity index (χ4v) is 3.84. The molecule has 1 aliphatic heterocycles. The first-order valence-electron chi connectivity index (χ1n) is 10.4. The van der Waals surface area contributed by atoms with Crippen LogP contribution in [0.1, 0.15) is 44.7 Å². The second-order valence-corrected chi connectivity index (χ2v) is 8.39. The standard InChI is InChI=1S/C22H39N5O/c1-22(2,27-14-10-7-11-15-27)17-25-21(23-3)24-16-19(26(4)5)18-12-8-9-13-20(18)28-6/h8-9,12-13,19H,7,10-11,14-17H2,1-6H3,(H2,23,24,25). The Morgan fingerprint density at radius 1 is 1.18 bits per heavy atom. The molecule has 1 aromatic rings. The van der Waals surface area contributed by atoms with Crippen LogP contribution in [-0.4, -0.2) is 75.7 Å². The summed E-state index contributed by atoms with van der Waals surface area (Å²) in [5, 5.41) is 7.03. The lowest BCUT2D eigenvalue weighted by atomic mass is 9.98. The van der Waals surface area contributed by atoms with E-state index in [1.54, 1.807) is 7.11 Å². The van der Waals surface area contributed by atoms with Crippen LogP contribution in [0.2, 0.25) is 0 Å². The molecule has 6 nitrogen and oxygen atoms in total. The maximum atomic E-state index is 5.56. The topological polar surface area (TPSA) is 52.1 Å². The number of likely N-dealkylation sites (N-methyl/N-ethyl adjacent to an activating group) is 1. The molecule has 2 rings (SSSR count). The van der Waals surface area contributed by atoms with E-state index in [0.29, 0.717) is 0 Å². The fraction of sp³-hybridized carbons (Fsp3) is 0.682. The van der Waals surface area contributed by atoms with E-state index >= 15 is 0 Å². The minimum Gasteiger partial charge on any atom is -0.496 e. The van der Waals surface area contributed by atoms with Gasteiger partial charge >= 0.3 is 0 Å². The van der Waals surface area contributed by atoms with Crippen molar-refractivity contribution in [1.29, 1.82) is 0 Å². The number of guanidine groups is 1. The maximum Gasteiger partial charge on any atom is 0.191 e. The first kappa shape index (κ1) is 22.5. The van der Waals surface area contributed by atoms with Gasteiger partial charge in [-0.1, -0.05) is 24.6 Å².